The predicted octanol–water partition coefficient (Wildman–Crippen LogP) is 1.78. The zero-order valence-electron chi connectivity index (χ0n) is 10.6. The molecular weight excluding hydrogens is 247 g/mol. The van der Waals surface area contributed by atoms with Gasteiger partial charge in [0.2, 0.25) is 0 Å². The summed E-state index contributed by atoms with van der Waals surface area (Å²) >= 11 is 0. The highest BCUT2D eigenvalue weighted by Crippen LogP contribution is 2.32. The highest BCUT2D eigenvalue weighted by molar-refractivity contribution is 5.62. The molecule has 1 aromatic carbocycles. The van der Waals surface area contributed by atoms with Crippen molar-refractivity contribution in [2.45, 2.75) is 12.3 Å². The van der Waals surface area contributed by atoms with Crippen LogP contribution in [-0.4, -0.2) is 34.9 Å². The second-order valence-electron chi connectivity index (χ2n) is 5.00. The van der Waals surface area contributed by atoms with Crippen molar-refractivity contribution < 1.29 is 14.2 Å². The van der Waals surface area contributed by atoms with Crippen molar-refractivity contribution in [1.29, 1.82) is 0 Å². The minimum absolute atomic E-state index is 0.0114. The average molecular weight is 262 g/mol. The first-order chi connectivity index (χ1) is 9.14. The second kappa shape index (κ2) is 4.43. The Bertz CT molecular complexity index is 600. The fourth-order valence-corrected chi connectivity index (χ4v) is 2.28. The van der Waals surface area contributed by atoms with Crippen molar-refractivity contribution in [3.8, 4) is 11.3 Å². The van der Waals surface area contributed by atoms with Crippen LogP contribution in [0.2, 0.25) is 0 Å². The molecule has 2 aromatic rings. The molecular formula is C14H15FN2O2. The number of hydrogen-bond acceptors (Lipinski definition) is 3. The van der Waals surface area contributed by atoms with Crippen LogP contribution in [-0.2, 0) is 10.2 Å². The van der Waals surface area contributed by atoms with Crippen molar-refractivity contribution in [3.05, 3.63) is 41.6 Å². The molecule has 1 saturated heterocycles. The van der Waals surface area contributed by atoms with E-state index in [-0.39, 0.29) is 12.4 Å². The Balaban J connectivity index is 2.02. The maximum Gasteiger partial charge on any atom is 0.123 e. The Morgan fingerprint density at radius 3 is 2.84 bits per heavy atom. The summed E-state index contributed by atoms with van der Waals surface area (Å²) in [4.78, 5) is 7.71. The van der Waals surface area contributed by atoms with Crippen LogP contribution in [0.4, 0.5) is 4.39 Å². The van der Waals surface area contributed by atoms with E-state index in [1.807, 2.05) is 13.0 Å². The molecule has 0 atom stereocenters. The van der Waals surface area contributed by atoms with E-state index in [0.717, 1.165) is 11.3 Å². The third-order valence-corrected chi connectivity index (χ3v) is 3.54. The van der Waals surface area contributed by atoms with Gasteiger partial charge in [-0.15, -0.1) is 0 Å². The molecule has 0 radical (unpaired) electrons. The Labute approximate surface area is 110 Å². The lowest BCUT2D eigenvalue weighted by molar-refractivity contribution is -0.0880. The topological polar surface area (TPSA) is 58.1 Å². The van der Waals surface area contributed by atoms with Gasteiger partial charge in [0.05, 0.1) is 30.9 Å². The van der Waals surface area contributed by atoms with Crippen LogP contribution < -0.4 is 0 Å². The molecule has 1 aromatic heterocycles. The van der Waals surface area contributed by atoms with E-state index in [4.69, 9.17) is 4.74 Å². The summed E-state index contributed by atoms with van der Waals surface area (Å²) in [5.74, 6) is 0.420. The quantitative estimate of drug-likeness (QED) is 0.886. The number of nitrogens with zero attached hydrogens (tertiary/aromatic N) is 1. The Morgan fingerprint density at radius 2 is 2.26 bits per heavy atom. The molecule has 1 aliphatic rings. The van der Waals surface area contributed by atoms with Crippen molar-refractivity contribution in [2.75, 3.05) is 19.8 Å². The first-order valence-corrected chi connectivity index (χ1v) is 6.16. The summed E-state index contributed by atoms with van der Waals surface area (Å²) in [5, 5.41) is 9.50. The number of aromatic nitrogens is 2. The molecule has 1 aliphatic heterocycles. The van der Waals surface area contributed by atoms with Crippen molar-refractivity contribution in [1.82, 2.24) is 9.97 Å². The summed E-state index contributed by atoms with van der Waals surface area (Å²) in [6.45, 7) is 2.79. The van der Waals surface area contributed by atoms with Crippen LogP contribution in [0.1, 0.15) is 11.5 Å². The molecule has 5 heteroatoms. The molecule has 19 heavy (non-hydrogen) atoms. The number of ether oxygens (including phenoxy) is 1. The van der Waals surface area contributed by atoms with Gasteiger partial charge in [0.15, 0.2) is 0 Å². The summed E-state index contributed by atoms with van der Waals surface area (Å²) in [6, 6.07) is 6.34. The summed E-state index contributed by atoms with van der Waals surface area (Å²) in [7, 11) is 0. The van der Waals surface area contributed by atoms with Gasteiger partial charge in [-0.05, 0) is 19.1 Å². The Kier molecular flexibility index (Phi) is 2.88. The number of H-pyrrole nitrogens is 1. The zero-order valence-corrected chi connectivity index (χ0v) is 10.6. The highest BCUT2D eigenvalue weighted by Gasteiger charge is 2.43. The zero-order chi connectivity index (χ0) is 13.5. The van der Waals surface area contributed by atoms with Gasteiger partial charge in [-0.2, -0.15) is 0 Å². The minimum atomic E-state index is -0.434. The number of aliphatic hydroxyl groups excluding tert-OH is 1. The summed E-state index contributed by atoms with van der Waals surface area (Å²) < 4.78 is 18.4. The molecule has 0 spiro atoms. The molecule has 0 amide bonds. The van der Waals surface area contributed by atoms with Crippen LogP contribution in [0.25, 0.3) is 11.3 Å². The van der Waals surface area contributed by atoms with Crippen LogP contribution in [0.15, 0.2) is 24.3 Å². The molecule has 100 valence electrons. The molecule has 3 rings (SSSR count). The number of aromatic amines is 1. The van der Waals surface area contributed by atoms with Gasteiger partial charge < -0.3 is 14.8 Å². The lowest BCUT2D eigenvalue weighted by Gasteiger charge is -2.37. The maximum atomic E-state index is 13.3. The largest absolute Gasteiger partial charge is 0.395 e. The van der Waals surface area contributed by atoms with E-state index in [1.54, 1.807) is 6.07 Å². The Hall–Kier alpha value is -1.72. The van der Waals surface area contributed by atoms with Gasteiger partial charge in [0.1, 0.15) is 11.6 Å². The third-order valence-electron chi connectivity index (χ3n) is 3.54. The van der Waals surface area contributed by atoms with Crippen LogP contribution in [0, 0.1) is 12.7 Å². The smallest absolute Gasteiger partial charge is 0.123 e. The molecule has 2 heterocycles. The number of nitrogens with one attached hydrogen (secondary N) is 1. The van der Waals surface area contributed by atoms with Crippen LogP contribution >= 0.6 is 0 Å². The van der Waals surface area contributed by atoms with E-state index in [1.165, 1.54) is 12.1 Å². The maximum absolute atomic E-state index is 13.3. The number of rotatable bonds is 3. The Morgan fingerprint density at radius 1 is 1.47 bits per heavy atom. The molecule has 1 fully saturated rings. The van der Waals surface area contributed by atoms with Gasteiger partial charge in [-0.25, -0.2) is 9.37 Å². The number of imidazole rings is 1. The lowest BCUT2D eigenvalue weighted by atomic mass is 9.86. The lowest BCUT2D eigenvalue weighted by Crippen LogP contribution is -2.50. The number of hydrogen-bond donors (Lipinski definition) is 2. The van der Waals surface area contributed by atoms with Crippen LogP contribution in [0.3, 0.4) is 0 Å². The molecule has 0 saturated carbocycles. The molecule has 0 aliphatic carbocycles. The van der Waals surface area contributed by atoms with E-state index in [2.05, 4.69) is 9.97 Å². The minimum Gasteiger partial charge on any atom is -0.395 e. The normalized spacial score (nSPS) is 17.2. The van der Waals surface area contributed by atoms with E-state index in [0.29, 0.717) is 24.7 Å². The molecule has 4 nitrogen and oxygen atoms in total. The van der Waals surface area contributed by atoms with Gasteiger partial charge in [0, 0.05) is 11.3 Å². The predicted molar refractivity (Wildman–Crippen MR) is 68.3 cm³/mol. The average Bonchev–Trinajstić information content (AvgIpc) is 2.71. The number of aliphatic hydroxyl groups is 1. The van der Waals surface area contributed by atoms with E-state index >= 15 is 0 Å². The number of halogens is 1. The van der Waals surface area contributed by atoms with Crippen molar-refractivity contribution in [3.63, 3.8) is 0 Å². The standard InChI is InChI=1S/C14H15FN2O2/c1-9-12(10-3-2-4-11(15)5-10)17-13(16-9)14(6-18)7-19-8-14/h2-5,18H,6-8H2,1H3,(H,16,17). The van der Waals surface area contributed by atoms with Crippen molar-refractivity contribution in [2.24, 2.45) is 0 Å². The summed E-state index contributed by atoms with van der Waals surface area (Å²) in [6.07, 6.45) is 0. The SMILES string of the molecule is Cc1[nH]c(C2(CO)COC2)nc1-c1cccc(F)c1. The monoisotopic (exact) mass is 262 g/mol. The molecule has 2 N–H and O–H groups in total. The van der Waals surface area contributed by atoms with Gasteiger partial charge in [-0.1, -0.05) is 12.1 Å². The first-order valence-electron chi connectivity index (χ1n) is 6.16. The van der Waals surface area contributed by atoms with E-state index in [9.17, 15) is 9.50 Å². The fraction of sp³-hybridized carbons (Fsp3) is 0.357. The van der Waals surface area contributed by atoms with Gasteiger partial charge in [0.25, 0.3) is 0 Å². The highest BCUT2D eigenvalue weighted by atomic mass is 19.1. The van der Waals surface area contributed by atoms with Crippen LogP contribution in [0.5, 0.6) is 0 Å². The molecule has 0 unspecified atom stereocenters. The molecule has 0 bridgehead atoms. The third kappa shape index (κ3) is 1.95. The number of benzene rings is 1. The van der Waals surface area contributed by atoms with Gasteiger partial charge >= 0.3 is 0 Å². The second-order valence-corrected chi connectivity index (χ2v) is 5.00. The van der Waals surface area contributed by atoms with Gasteiger partial charge in [-0.3, -0.25) is 0 Å². The summed E-state index contributed by atoms with van der Waals surface area (Å²) in [5.41, 5.74) is 1.87. The van der Waals surface area contributed by atoms with Crippen molar-refractivity contribution >= 4 is 0 Å². The fourth-order valence-electron chi connectivity index (χ4n) is 2.28. The first kappa shape index (κ1) is 12.3. The van der Waals surface area contributed by atoms with E-state index < -0.39 is 5.41 Å². The number of aryl methyl sites for hydroxylation is 1.